The summed E-state index contributed by atoms with van der Waals surface area (Å²) in [4.78, 5) is 4.18. The first-order valence-electron chi connectivity index (χ1n) is 5.06. The van der Waals surface area contributed by atoms with Crippen molar-refractivity contribution in [1.29, 1.82) is 0 Å². The van der Waals surface area contributed by atoms with Crippen LogP contribution in [0.5, 0.6) is 5.75 Å². The van der Waals surface area contributed by atoms with Gasteiger partial charge in [0, 0.05) is 5.56 Å². The summed E-state index contributed by atoms with van der Waals surface area (Å²) >= 11 is 0. The van der Waals surface area contributed by atoms with Gasteiger partial charge in [0.1, 0.15) is 11.5 Å². The van der Waals surface area contributed by atoms with Crippen LogP contribution in [-0.4, -0.2) is 12.1 Å². The van der Waals surface area contributed by atoms with Gasteiger partial charge in [0.2, 0.25) is 5.89 Å². The summed E-state index contributed by atoms with van der Waals surface area (Å²) in [5.41, 5.74) is 6.58. The molecule has 0 fully saturated rings. The zero-order valence-corrected chi connectivity index (χ0v) is 9.31. The van der Waals surface area contributed by atoms with Crippen LogP contribution in [0.25, 0.3) is 11.5 Å². The summed E-state index contributed by atoms with van der Waals surface area (Å²) in [5, 5.41) is 0. The Hall–Kier alpha value is -1.81. The molecule has 0 aliphatic heterocycles. The van der Waals surface area contributed by atoms with Gasteiger partial charge >= 0.3 is 0 Å². The quantitative estimate of drug-likeness (QED) is 0.859. The van der Waals surface area contributed by atoms with E-state index in [1.807, 2.05) is 31.2 Å². The highest BCUT2D eigenvalue weighted by Gasteiger charge is 2.09. The summed E-state index contributed by atoms with van der Waals surface area (Å²) in [7, 11) is 1.63. The van der Waals surface area contributed by atoms with Gasteiger partial charge in [-0.25, -0.2) is 4.98 Å². The van der Waals surface area contributed by atoms with Gasteiger partial charge in [-0.1, -0.05) is 6.07 Å². The number of ether oxygens (including phenoxy) is 1. The minimum atomic E-state index is -0.146. The van der Waals surface area contributed by atoms with Crippen molar-refractivity contribution in [3.8, 4) is 17.2 Å². The molecule has 1 aromatic heterocycles. The molecule has 0 aliphatic rings. The molecule has 0 unspecified atom stereocenters. The third kappa shape index (κ3) is 2.06. The number of benzene rings is 1. The molecule has 4 heteroatoms. The zero-order chi connectivity index (χ0) is 11.5. The first-order chi connectivity index (χ1) is 7.70. The molecule has 0 aliphatic carbocycles. The average Bonchev–Trinajstić information content (AvgIpc) is 2.78. The summed E-state index contributed by atoms with van der Waals surface area (Å²) in [6.45, 7) is 1.86. The second-order valence-corrected chi connectivity index (χ2v) is 3.59. The Morgan fingerprint density at radius 3 is 2.88 bits per heavy atom. The Morgan fingerprint density at radius 2 is 2.25 bits per heavy atom. The normalized spacial score (nSPS) is 12.4. The summed E-state index contributed by atoms with van der Waals surface area (Å²) in [5.74, 6) is 2.02. The lowest BCUT2D eigenvalue weighted by molar-refractivity contribution is 0.414. The van der Waals surface area contributed by atoms with E-state index in [4.69, 9.17) is 14.9 Å². The SMILES string of the molecule is COc1cccc(-c2ncc([C@H](C)N)o2)c1. The van der Waals surface area contributed by atoms with Crippen LogP contribution in [0, 0.1) is 0 Å². The molecule has 0 radical (unpaired) electrons. The molecular weight excluding hydrogens is 204 g/mol. The predicted octanol–water partition coefficient (Wildman–Crippen LogP) is 2.37. The molecule has 0 spiro atoms. The van der Waals surface area contributed by atoms with E-state index in [1.165, 1.54) is 0 Å². The maximum atomic E-state index is 5.70. The van der Waals surface area contributed by atoms with E-state index >= 15 is 0 Å². The number of hydrogen-bond acceptors (Lipinski definition) is 4. The third-order valence-electron chi connectivity index (χ3n) is 2.29. The lowest BCUT2D eigenvalue weighted by Gasteiger charge is -2.01. The largest absolute Gasteiger partial charge is 0.497 e. The zero-order valence-electron chi connectivity index (χ0n) is 9.31. The number of nitrogens with two attached hydrogens (primary N) is 1. The van der Waals surface area contributed by atoms with E-state index in [0.29, 0.717) is 11.7 Å². The first-order valence-corrected chi connectivity index (χ1v) is 5.06. The molecule has 0 saturated heterocycles. The summed E-state index contributed by atoms with van der Waals surface area (Å²) in [6.07, 6.45) is 1.65. The lowest BCUT2D eigenvalue weighted by atomic mass is 10.2. The molecule has 1 heterocycles. The van der Waals surface area contributed by atoms with Crippen LogP contribution in [-0.2, 0) is 0 Å². The van der Waals surface area contributed by atoms with E-state index in [9.17, 15) is 0 Å². The molecule has 16 heavy (non-hydrogen) atoms. The fraction of sp³-hybridized carbons (Fsp3) is 0.250. The maximum absolute atomic E-state index is 5.70. The summed E-state index contributed by atoms with van der Waals surface area (Å²) < 4.78 is 10.7. The van der Waals surface area contributed by atoms with Gasteiger partial charge in [0.15, 0.2) is 0 Å². The van der Waals surface area contributed by atoms with Crippen molar-refractivity contribution in [1.82, 2.24) is 4.98 Å². The number of oxazole rings is 1. The molecule has 84 valence electrons. The van der Waals surface area contributed by atoms with Crippen molar-refractivity contribution in [2.45, 2.75) is 13.0 Å². The summed E-state index contributed by atoms with van der Waals surface area (Å²) in [6, 6.07) is 7.41. The highest BCUT2D eigenvalue weighted by atomic mass is 16.5. The third-order valence-corrected chi connectivity index (χ3v) is 2.29. The number of nitrogens with zero attached hydrogens (tertiary/aromatic N) is 1. The van der Waals surface area contributed by atoms with Crippen molar-refractivity contribution in [3.63, 3.8) is 0 Å². The fourth-order valence-corrected chi connectivity index (χ4v) is 1.39. The Kier molecular flexibility index (Phi) is 2.92. The highest BCUT2D eigenvalue weighted by molar-refractivity contribution is 5.55. The van der Waals surface area contributed by atoms with Crippen LogP contribution in [0.3, 0.4) is 0 Å². The lowest BCUT2D eigenvalue weighted by Crippen LogP contribution is -2.02. The van der Waals surface area contributed by atoms with Crippen LogP contribution in [0.2, 0.25) is 0 Å². The van der Waals surface area contributed by atoms with E-state index in [0.717, 1.165) is 11.3 Å². The Balaban J connectivity index is 2.34. The number of aromatic nitrogens is 1. The number of methoxy groups -OCH3 is 1. The van der Waals surface area contributed by atoms with Gasteiger partial charge in [0.05, 0.1) is 19.3 Å². The number of hydrogen-bond donors (Lipinski definition) is 1. The van der Waals surface area contributed by atoms with Crippen molar-refractivity contribution in [2.75, 3.05) is 7.11 Å². The van der Waals surface area contributed by atoms with Crippen molar-refractivity contribution >= 4 is 0 Å². The molecule has 1 aromatic carbocycles. The molecule has 0 saturated carbocycles. The molecule has 0 bridgehead atoms. The number of rotatable bonds is 3. The van der Waals surface area contributed by atoms with Gasteiger partial charge in [-0.2, -0.15) is 0 Å². The molecule has 4 nitrogen and oxygen atoms in total. The predicted molar refractivity (Wildman–Crippen MR) is 61.1 cm³/mol. The monoisotopic (exact) mass is 218 g/mol. The van der Waals surface area contributed by atoms with E-state index in [2.05, 4.69) is 4.98 Å². The van der Waals surface area contributed by atoms with Crippen LogP contribution in [0.1, 0.15) is 18.7 Å². The minimum absolute atomic E-state index is 0.146. The van der Waals surface area contributed by atoms with E-state index < -0.39 is 0 Å². The highest BCUT2D eigenvalue weighted by Crippen LogP contribution is 2.24. The Labute approximate surface area is 94.1 Å². The van der Waals surface area contributed by atoms with Gasteiger partial charge in [-0.15, -0.1) is 0 Å². The Morgan fingerprint density at radius 1 is 1.44 bits per heavy atom. The van der Waals surface area contributed by atoms with Crippen LogP contribution < -0.4 is 10.5 Å². The first kappa shape index (κ1) is 10.7. The smallest absolute Gasteiger partial charge is 0.226 e. The Bertz CT molecular complexity index is 477. The molecule has 2 rings (SSSR count). The second kappa shape index (κ2) is 4.37. The van der Waals surface area contributed by atoms with Crippen molar-refractivity contribution in [3.05, 3.63) is 36.2 Å². The fourth-order valence-electron chi connectivity index (χ4n) is 1.39. The topological polar surface area (TPSA) is 61.3 Å². The molecular formula is C12H14N2O2. The van der Waals surface area contributed by atoms with Crippen molar-refractivity contribution in [2.24, 2.45) is 5.73 Å². The molecule has 0 amide bonds. The second-order valence-electron chi connectivity index (χ2n) is 3.59. The average molecular weight is 218 g/mol. The minimum Gasteiger partial charge on any atom is -0.497 e. The van der Waals surface area contributed by atoms with Crippen LogP contribution in [0.4, 0.5) is 0 Å². The van der Waals surface area contributed by atoms with Crippen LogP contribution >= 0.6 is 0 Å². The standard InChI is InChI=1S/C12H14N2O2/c1-8(13)11-7-14-12(16-11)9-4-3-5-10(6-9)15-2/h3-8H,13H2,1-2H3/t8-/m0/s1. The van der Waals surface area contributed by atoms with Gasteiger partial charge in [-0.05, 0) is 25.1 Å². The van der Waals surface area contributed by atoms with Gasteiger partial charge in [0.25, 0.3) is 0 Å². The maximum Gasteiger partial charge on any atom is 0.226 e. The van der Waals surface area contributed by atoms with Gasteiger partial charge in [-0.3, -0.25) is 0 Å². The molecule has 1 atom stereocenters. The molecule has 2 N–H and O–H groups in total. The van der Waals surface area contributed by atoms with Crippen molar-refractivity contribution < 1.29 is 9.15 Å². The van der Waals surface area contributed by atoms with E-state index in [1.54, 1.807) is 13.3 Å². The van der Waals surface area contributed by atoms with E-state index in [-0.39, 0.29) is 6.04 Å². The van der Waals surface area contributed by atoms with Gasteiger partial charge < -0.3 is 14.9 Å². The van der Waals surface area contributed by atoms with Crippen LogP contribution in [0.15, 0.2) is 34.9 Å². The molecule has 2 aromatic rings.